The summed E-state index contributed by atoms with van der Waals surface area (Å²) in [6.07, 6.45) is 0.824. The third-order valence-electron chi connectivity index (χ3n) is 3.37. The zero-order valence-corrected chi connectivity index (χ0v) is 13.7. The van der Waals surface area contributed by atoms with Gasteiger partial charge in [-0.3, -0.25) is 0 Å². The molecule has 2 N–H and O–H groups in total. The minimum Gasteiger partial charge on any atom is -0.330 e. The molecule has 102 valence electrons. The first kappa shape index (κ1) is 14.5. The van der Waals surface area contributed by atoms with Crippen LogP contribution in [0.25, 0.3) is 0 Å². The van der Waals surface area contributed by atoms with Gasteiger partial charge in [0.2, 0.25) is 0 Å². The molecule has 4 nitrogen and oxygen atoms in total. The van der Waals surface area contributed by atoms with E-state index < -0.39 is 10.0 Å². The highest BCUT2D eigenvalue weighted by atomic mass is 79.9. The second-order valence-corrected chi connectivity index (χ2v) is 9.34. The molecule has 0 bridgehead atoms. The maximum Gasteiger partial charge on any atom is 0.253 e. The quantitative estimate of drug-likeness (QED) is 0.906. The van der Waals surface area contributed by atoms with Crippen LogP contribution in [0.4, 0.5) is 0 Å². The van der Waals surface area contributed by atoms with E-state index in [4.69, 9.17) is 5.73 Å². The first-order valence-electron chi connectivity index (χ1n) is 5.75. The molecular weight excluding hydrogens is 336 g/mol. The van der Waals surface area contributed by atoms with Crippen molar-refractivity contribution in [1.82, 2.24) is 4.31 Å². The Morgan fingerprint density at radius 1 is 1.61 bits per heavy atom. The molecule has 1 unspecified atom stereocenters. The summed E-state index contributed by atoms with van der Waals surface area (Å²) in [5.74, 6) is 0. The fourth-order valence-electron chi connectivity index (χ4n) is 2.11. The fourth-order valence-corrected chi connectivity index (χ4v) is 6.57. The van der Waals surface area contributed by atoms with Gasteiger partial charge in [-0.2, -0.15) is 4.31 Å². The molecule has 1 aliphatic heterocycles. The van der Waals surface area contributed by atoms with E-state index in [0.29, 0.717) is 28.3 Å². The van der Waals surface area contributed by atoms with Crippen molar-refractivity contribution in [2.45, 2.75) is 24.5 Å². The average molecular weight is 353 g/mol. The summed E-state index contributed by atoms with van der Waals surface area (Å²) in [4.78, 5) is 0.987. The molecule has 1 atom stereocenters. The van der Waals surface area contributed by atoms with Crippen LogP contribution in [0, 0.1) is 12.3 Å². The van der Waals surface area contributed by atoms with Gasteiger partial charge in [0.25, 0.3) is 10.0 Å². The van der Waals surface area contributed by atoms with Gasteiger partial charge in [-0.05, 0) is 47.3 Å². The lowest BCUT2D eigenvalue weighted by Gasteiger charge is -2.22. The minimum atomic E-state index is -3.38. The van der Waals surface area contributed by atoms with Gasteiger partial charge in [0.15, 0.2) is 0 Å². The number of nitrogens with two attached hydrogens (primary N) is 1. The number of nitrogens with zero attached hydrogens (tertiary/aromatic N) is 1. The van der Waals surface area contributed by atoms with Crippen LogP contribution in [0.5, 0.6) is 0 Å². The van der Waals surface area contributed by atoms with Crippen LogP contribution in [0.1, 0.15) is 18.2 Å². The third kappa shape index (κ3) is 2.51. The summed E-state index contributed by atoms with van der Waals surface area (Å²) in [6, 6.07) is 1.84. The molecular formula is C11H17BrN2O2S2. The van der Waals surface area contributed by atoms with Crippen LogP contribution in [0.15, 0.2) is 14.7 Å². The van der Waals surface area contributed by atoms with E-state index in [-0.39, 0.29) is 5.41 Å². The number of rotatable bonds is 3. The lowest BCUT2D eigenvalue weighted by Crippen LogP contribution is -2.34. The van der Waals surface area contributed by atoms with E-state index >= 15 is 0 Å². The Bertz CT molecular complexity index is 555. The SMILES string of the molecule is Cc1cc(Br)c(S(=O)(=O)N2CCC(C)(CN)C2)s1. The van der Waals surface area contributed by atoms with E-state index in [9.17, 15) is 8.42 Å². The van der Waals surface area contributed by atoms with E-state index in [1.165, 1.54) is 11.3 Å². The molecule has 1 aromatic rings. The van der Waals surface area contributed by atoms with E-state index in [2.05, 4.69) is 15.9 Å². The molecule has 1 aromatic heterocycles. The second-order valence-electron chi connectivity index (χ2n) is 5.10. The Morgan fingerprint density at radius 3 is 2.72 bits per heavy atom. The predicted molar refractivity (Wildman–Crippen MR) is 77.3 cm³/mol. The first-order valence-corrected chi connectivity index (χ1v) is 8.80. The second kappa shape index (κ2) is 4.86. The highest BCUT2D eigenvalue weighted by Gasteiger charge is 2.40. The molecule has 1 saturated heterocycles. The molecule has 2 rings (SSSR count). The normalized spacial score (nSPS) is 25.8. The van der Waals surface area contributed by atoms with Crippen molar-refractivity contribution in [3.63, 3.8) is 0 Å². The molecule has 2 heterocycles. The Balaban J connectivity index is 2.31. The van der Waals surface area contributed by atoms with Gasteiger partial charge in [-0.15, -0.1) is 11.3 Å². The Morgan fingerprint density at radius 2 is 2.28 bits per heavy atom. The molecule has 0 spiro atoms. The summed E-state index contributed by atoms with van der Waals surface area (Å²) in [6.45, 7) is 5.53. The molecule has 7 heteroatoms. The zero-order valence-electron chi connectivity index (χ0n) is 10.4. The number of hydrogen-bond donors (Lipinski definition) is 1. The standard InChI is InChI=1S/C11H17BrN2O2S2/c1-8-5-9(12)10(17-8)18(15,16)14-4-3-11(2,6-13)7-14/h5H,3-4,6-7,13H2,1-2H3. The van der Waals surface area contributed by atoms with Crippen molar-refractivity contribution in [3.05, 3.63) is 15.4 Å². The maximum absolute atomic E-state index is 12.5. The zero-order chi connectivity index (χ0) is 13.6. The molecule has 0 radical (unpaired) electrons. The maximum atomic E-state index is 12.5. The largest absolute Gasteiger partial charge is 0.330 e. The van der Waals surface area contributed by atoms with E-state index in [1.807, 2.05) is 19.9 Å². The lowest BCUT2D eigenvalue weighted by molar-refractivity contribution is 0.350. The van der Waals surface area contributed by atoms with E-state index in [1.54, 1.807) is 4.31 Å². The Hall–Kier alpha value is 0.0500. The molecule has 1 fully saturated rings. The number of halogens is 1. The van der Waals surface area contributed by atoms with Crippen molar-refractivity contribution in [3.8, 4) is 0 Å². The first-order chi connectivity index (χ1) is 8.28. The number of sulfonamides is 1. The number of aryl methyl sites for hydroxylation is 1. The monoisotopic (exact) mass is 352 g/mol. The van der Waals surface area contributed by atoms with Gasteiger partial charge in [0.05, 0.1) is 0 Å². The van der Waals surface area contributed by atoms with Gasteiger partial charge in [0, 0.05) is 22.4 Å². The molecule has 0 saturated carbocycles. The van der Waals surface area contributed by atoms with Crippen molar-refractivity contribution < 1.29 is 8.42 Å². The molecule has 1 aliphatic rings. The smallest absolute Gasteiger partial charge is 0.253 e. The van der Waals surface area contributed by atoms with Crippen molar-refractivity contribution in [2.24, 2.45) is 11.1 Å². The molecule has 0 aliphatic carbocycles. The van der Waals surface area contributed by atoms with Crippen LogP contribution in [0.3, 0.4) is 0 Å². The van der Waals surface area contributed by atoms with Gasteiger partial charge in [-0.1, -0.05) is 6.92 Å². The lowest BCUT2D eigenvalue weighted by atomic mass is 9.90. The van der Waals surface area contributed by atoms with Crippen LogP contribution >= 0.6 is 27.3 Å². The Kier molecular flexibility index (Phi) is 3.91. The van der Waals surface area contributed by atoms with E-state index in [0.717, 1.165) is 11.3 Å². The van der Waals surface area contributed by atoms with Crippen molar-refractivity contribution in [1.29, 1.82) is 0 Å². The highest BCUT2D eigenvalue weighted by molar-refractivity contribution is 9.10. The summed E-state index contributed by atoms with van der Waals surface area (Å²) in [5, 5.41) is 0. The molecule has 18 heavy (non-hydrogen) atoms. The molecule has 0 amide bonds. The van der Waals surface area contributed by atoms with Gasteiger partial charge < -0.3 is 5.73 Å². The molecule has 0 aromatic carbocycles. The van der Waals surface area contributed by atoms with Crippen LogP contribution < -0.4 is 5.73 Å². The van der Waals surface area contributed by atoms with Crippen LogP contribution in [-0.4, -0.2) is 32.4 Å². The van der Waals surface area contributed by atoms with Crippen LogP contribution in [0.2, 0.25) is 0 Å². The van der Waals surface area contributed by atoms with Gasteiger partial charge in [0.1, 0.15) is 4.21 Å². The summed E-state index contributed by atoms with van der Waals surface area (Å²) < 4.78 is 27.7. The fraction of sp³-hybridized carbons (Fsp3) is 0.636. The summed E-state index contributed by atoms with van der Waals surface area (Å²) in [7, 11) is -3.38. The van der Waals surface area contributed by atoms with Gasteiger partial charge in [-0.25, -0.2) is 8.42 Å². The topological polar surface area (TPSA) is 63.4 Å². The third-order valence-corrected chi connectivity index (χ3v) is 7.93. The Labute approximate surface area is 120 Å². The highest BCUT2D eigenvalue weighted by Crippen LogP contribution is 2.37. The minimum absolute atomic E-state index is 0.0914. The van der Waals surface area contributed by atoms with Crippen LogP contribution in [-0.2, 0) is 10.0 Å². The number of thiophene rings is 1. The number of hydrogen-bond acceptors (Lipinski definition) is 4. The van der Waals surface area contributed by atoms with Gasteiger partial charge >= 0.3 is 0 Å². The predicted octanol–water partition coefficient (Wildman–Crippen LogP) is 2.18. The van der Waals surface area contributed by atoms with Crippen molar-refractivity contribution >= 4 is 37.3 Å². The van der Waals surface area contributed by atoms with Crippen molar-refractivity contribution in [2.75, 3.05) is 19.6 Å². The average Bonchev–Trinajstić information content (AvgIpc) is 2.84. The summed E-state index contributed by atoms with van der Waals surface area (Å²) >= 11 is 4.63. The summed E-state index contributed by atoms with van der Waals surface area (Å²) in [5.41, 5.74) is 5.63.